The van der Waals surface area contributed by atoms with E-state index in [9.17, 15) is 0 Å². The van der Waals surface area contributed by atoms with Crippen molar-refractivity contribution in [2.75, 3.05) is 0 Å². The lowest BCUT2D eigenvalue weighted by Gasteiger charge is -2.49. The Morgan fingerprint density at radius 2 is 1.36 bits per heavy atom. The van der Waals surface area contributed by atoms with E-state index in [1.54, 1.807) is 5.56 Å². The van der Waals surface area contributed by atoms with Gasteiger partial charge in [-0.05, 0) is 85.4 Å². The topological polar surface area (TPSA) is 0 Å². The van der Waals surface area contributed by atoms with Crippen molar-refractivity contribution in [3.05, 3.63) is 35.4 Å². The Hall–Kier alpha value is 0.0800. The molecular formula is C23H34P2. The van der Waals surface area contributed by atoms with Gasteiger partial charge in [0.25, 0.3) is 0 Å². The molecule has 4 heterocycles. The van der Waals surface area contributed by atoms with E-state index >= 15 is 0 Å². The summed E-state index contributed by atoms with van der Waals surface area (Å²) >= 11 is 0. The van der Waals surface area contributed by atoms with Gasteiger partial charge in [0.2, 0.25) is 0 Å². The Bertz CT molecular complexity index is 602. The van der Waals surface area contributed by atoms with Crippen molar-refractivity contribution in [2.24, 2.45) is 0 Å². The van der Waals surface area contributed by atoms with Crippen LogP contribution >= 0.6 is 17.2 Å². The lowest BCUT2D eigenvalue weighted by Crippen LogP contribution is -2.38. The van der Waals surface area contributed by atoms with Crippen LogP contribution < -0.4 is 0 Å². The monoisotopic (exact) mass is 372 g/mol. The van der Waals surface area contributed by atoms with Gasteiger partial charge in [-0.3, -0.25) is 0 Å². The van der Waals surface area contributed by atoms with E-state index in [1.807, 2.05) is 5.56 Å². The predicted molar refractivity (Wildman–Crippen MR) is 114 cm³/mol. The summed E-state index contributed by atoms with van der Waals surface area (Å²) in [6.07, 6.45) is 19.5. The van der Waals surface area contributed by atoms with Crippen LogP contribution in [-0.4, -0.2) is 16.5 Å². The lowest BCUT2D eigenvalue weighted by molar-refractivity contribution is 0.368. The molecule has 0 aromatic heterocycles. The smallest absolute Gasteiger partial charge is 0.0131 e. The maximum Gasteiger partial charge on any atom is 0.0131 e. The van der Waals surface area contributed by atoms with Crippen molar-refractivity contribution in [3.63, 3.8) is 0 Å². The molecule has 2 atom stereocenters. The van der Waals surface area contributed by atoms with Gasteiger partial charge >= 0.3 is 0 Å². The van der Waals surface area contributed by atoms with Gasteiger partial charge in [0.05, 0.1) is 0 Å². The van der Waals surface area contributed by atoms with Gasteiger partial charge in [0.1, 0.15) is 0 Å². The second-order valence-electron chi connectivity index (χ2n) is 9.45. The predicted octanol–water partition coefficient (Wildman–Crippen LogP) is 6.99. The third-order valence-corrected chi connectivity index (χ3v) is 12.4. The molecule has 4 saturated heterocycles. The van der Waals surface area contributed by atoms with E-state index in [2.05, 4.69) is 24.3 Å². The van der Waals surface area contributed by atoms with Crippen LogP contribution in [0.4, 0.5) is 0 Å². The first kappa shape index (κ1) is 17.2. The van der Waals surface area contributed by atoms with Crippen LogP contribution in [0.1, 0.15) is 88.2 Å². The molecule has 136 valence electrons. The van der Waals surface area contributed by atoms with Crippen LogP contribution in [0.5, 0.6) is 0 Å². The zero-order chi connectivity index (χ0) is 16.7. The van der Waals surface area contributed by atoms with Gasteiger partial charge in [-0.2, -0.15) is 0 Å². The molecule has 0 amide bonds. The van der Waals surface area contributed by atoms with Gasteiger partial charge in [0.15, 0.2) is 0 Å². The molecule has 0 nitrogen and oxygen atoms in total. The van der Waals surface area contributed by atoms with Gasteiger partial charge in [-0.15, -0.1) is 17.2 Å². The average Bonchev–Trinajstić information content (AvgIpc) is 2.62. The molecule has 0 aliphatic carbocycles. The SMILES string of the molecule is c1ccc(C23CCCC(CCC2)P3)c(CC23CCCC(CCC2)P3)c1. The summed E-state index contributed by atoms with van der Waals surface area (Å²) in [6.45, 7) is 0. The van der Waals surface area contributed by atoms with E-state index in [0.717, 1.165) is 11.3 Å². The van der Waals surface area contributed by atoms with Crippen molar-refractivity contribution in [2.45, 2.75) is 105 Å². The minimum atomic E-state index is 0.584. The van der Waals surface area contributed by atoms with Crippen LogP contribution in [0.3, 0.4) is 0 Å². The molecule has 1 aromatic rings. The van der Waals surface area contributed by atoms with Crippen molar-refractivity contribution in [1.29, 1.82) is 0 Å². The van der Waals surface area contributed by atoms with E-state index in [0.29, 0.717) is 10.3 Å². The Balaban J connectivity index is 1.47. The molecule has 4 aliphatic heterocycles. The molecule has 25 heavy (non-hydrogen) atoms. The van der Waals surface area contributed by atoms with Gasteiger partial charge in [-0.1, -0.05) is 49.9 Å². The number of hydrogen-bond acceptors (Lipinski definition) is 0. The first-order valence-corrected chi connectivity index (χ1v) is 13.1. The first-order chi connectivity index (χ1) is 12.3. The lowest BCUT2D eigenvalue weighted by atomic mass is 9.78. The fourth-order valence-corrected chi connectivity index (χ4v) is 11.7. The van der Waals surface area contributed by atoms with E-state index in [-0.39, 0.29) is 0 Å². The molecule has 4 bridgehead atoms. The van der Waals surface area contributed by atoms with Gasteiger partial charge in [-0.25, -0.2) is 0 Å². The van der Waals surface area contributed by atoms with Gasteiger partial charge < -0.3 is 0 Å². The normalized spacial score (nSPS) is 42.6. The number of benzene rings is 1. The van der Waals surface area contributed by atoms with E-state index in [1.165, 1.54) is 101 Å². The minimum absolute atomic E-state index is 0.584. The third-order valence-electron chi connectivity index (χ3n) is 7.78. The summed E-state index contributed by atoms with van der Waals surface area (Å²) < 4.78 is 0. The molecule has 0 radical (unpaired) electrons. The fraction of sp³-hybridized carbons (Fsp3) is 0.739. The van der Waals surface area contributed by atoms with Crippen LogP contribution in [0, 0.1) is 0 Å². The third kappa shape index (κ3) is 3.25. The summed E-state index contributed by atoms with van der Waals surface area (Å²) in [5, 5.41) is 1.28. The Morgan fingerprint density at radius 3 is 2.08 bits per heavy atom. The molecule has 4 aliphatic rings. The molecule has 0 saturated carbocycles. The minimum Gasteiger partial charge on any atom is -0.112 e. The number of rotatable bonds is 3. The average molecular weight is 372 g/mol. The Kier molecular flexibility index (Phi) is 4.75. The molecular weight excluding hydrogens is 338 g/mol. The zero-order valence-corrected chi connectivity index (χ0v) is 17.7. The van der Waals surface area contributed by atoms with E-state index in [4.69, 9.17) is 0 Å². The first-order valence-electron chi connectivity index (χ1n) is 10.9. The second-order valence-corrected chi connectivity index (χ2v) is 13.7. The van der Waals surface area contributed by atoms with Crippen LogP contribution in [0.2, 0.25) is 0 Å². The van der Waals surface area contributed by atoms with Crippen LogP contribution in [0.25, 0.3) is 0 Å². The maximum absolute atomic E-state index is 2.55. The van der Waals surface area contributed by atoms with Crippen LogP contribution in [-0.2, 0) is 11.6 Å². The highest BCUT2D eigenvalue weighted by Crippen LogP contribution is 2.62. The Morgan fingerprint density at radius 1 is 0.760 bits per heavy atom. The standard InChI is InChI=1S/C23H34P2/c1-2-12-21(23-15-5-10-20(25-23)11-6-16-23)18(7-1)17-22-13-3-8-19(24-22)9-4-14-22/h1-2,7,12,19-20,24-25H,3-6,8-11,13-17H2. The van der Waals surface area contributed by atoms with Crippen molar-refractivity contribution >= 4 is 17.2 Å². The van der Waals surface area contributed by atoms with Crippen molar-refractivity contribution < 1.29 is 0 Å². The maximum atomic E-state index is 2.55. The zero-order valence-electron chi connectivity index (χ0n) is 15.7. The van der Waals surface area contributed by atoms with Crippen molar-refractivity contribution in [3.8, 4) is 0 Å². The van der Waals surface area contributed by atoms with Gasteiger partial charge in [0, 0.05) is 5.16 Å². The summed E-state index contributed by atoms with van der Waals surface area (Å²) in [5.74, 6) is 0. The fourth-order valence-electron chi connectivity index (χ4n) is 6.69. The van der Waals surface area contributed by atoms with Crippen LogP contribution in [0.15, 0.2) is 24.3 Å². The molecule has 0 spiro atoms. The quantitative estimate of drug-likeness (QED) is 0.501. The molecule has 2 unspecified atom stereocenters. The highest BCUT2D eigenvalue weighted by Gasteiger charge is 2.44. The highest BCUT2D eigenvalue weighted by atomic mass is 31.1. The molecule has 5 rings (SSSR count). The summed E-state index contributed by atoms with van der Waals surface area (Å²) in [7, 11) is 2.47. The second kappa shape index (κ2) is 6.91. The number of hydrogen-bond donors (Lipinski definition) is 0. The summed E-state index contributed by atoms with van der Waals surface area (Å²) in [6, 6.07) is 9.77. The Labute approximate surface area is 157 Å². The largest absolute Gasteiger partial charge is 0.112 e. The molecule has 2 heteroatoms. The number of fused-ring (bicyclic) bond motifs is 4. The highest BCUT2D eigenvalue weighted by molar-refractivity contribution is 7.41. The van der Waals surface area contributed by atoms with Crippen molar-refractivity contribution in [1.82, 2.24) is 0 Å². The summed E-state index contributed by atoms with van der Waals surface area (Å²) in [4.78, 5) is 0. The molecule has 1 aromatic carbocycles. The molecule has 4 fully saturated rings. The summed E-state index contributed by atoms with van der Waals surface area (Å²) in [5.41, 5.74) is 5.73. The molecule has 0 N–H and O–H groups in total. The van der Waals surface area contributed by atoms with E-state index < -0.39 is 0 Å².